The van der Waals surface area contributed by atoms with Crippen LogP contribution in [0.25, 0.3) is 0 Å². The quantitative estimate of drug-likeness (QED) is 0.530. The van der Waals surface area contributed by atoms with Gasteiger partial charge in [-0.05, 0) is 6.92 Å². The normalized spacial score (nSPS) is 37.6. The molecule has 0 aromatic carbocycles. The highest BCUT2D eigenvalue weighted by Crippen LogP contribution is 2.42. The Kier molecular flexibility index (Phi) is 2.73. The van der Waals surface area contributed by atoms with Crippen molar-refractivity contribution in [3.63, 3.8) is 0 Å². The first kappa shape index (κ1) is 10.5. The van der Waals surface area contributed by atoms with Crippen LogP contribution in [0.4, 0.5) is 8.78 Å². The molecular weight excluding hydrogens is 206 g/mol. The molecule has 0 aliphatic carbocycles. The van der Waals surface area contributed by atoms with E-state index in [-0.39, 0.29) is 6.61 Å². The summed E-state index contributed by atoms with van der Waals surface area (Å²) in [5, 5.41) is 0. The molecule has 0 aromatic rings. The SMILES string of the molecule is CCOC(=O)C1C2C=CC(O2)C1C(F)F. The smallest absolute Gasteiger partial charge is 0.312 e. The van der Waals surface area contributed by atoms with Crippen molar-refractivity contribution in [1.29, 1.82) is 0 Å². The molecule has 4 unspecified atom stereocenters. The van der Waals surface area contributed by atoms with Gasteiger partial charge in [0.1, 0.15) is 0 Å². The summed E-state index contributed by atoms with van der Waals surface area (Å²) in [6, 6.07) is 0. The second-order valence-electron chi connectivity index (χ2n) is 3.64. The van der Waals surface area contributed by atoms with E-state index in [9.17, 15) is 13.6 Å². The maximum Gasteiger partial charge on any atom is 0.312 e. The lowest BCUT2D eigenvalue weighted by atomic mass is 9.83. The molecule has 1 saturated heterocycles. The van der Waals surface area contributed by atoms with Crippen LogP contribution in [0.2, 0.25) is 0 Å². The van der Waals surface area contributed by atoms with E-state index in [1.54, 1.807) is 19.1 Å². The fourth-order valence-corrected chi connectivity index (χ4v) is 2.17. The van der Waals surface area contributed by atoms with Crippen molar-refractivity contribution in [2.45, 2.75) is 25.6 Å². The summed E-state index contributed by atoms with van der Waals surface area (Å²) in [6.45, 7) is 1.85. The third kappa shape index (κ3) is 1.65. The van der Waals surface area contributed by atoms with Crippen LogP contribution in [-0.2, 0) is 14.3 Å². The average molecular weight is 218 g/mol. The van der Waals surface area contributed by atoms with Crippen LogP contribution in [0.3, 0.4) is 0 Å². The summed E-state index contributed by atoms with van der Waals surface area (Å²) in [4.78, 5) is 11.5. The maximum absolute atomic E-state index is 12.7. The molecule has 2 aliphatic rings. The van der Waals surface area contributed by atoms with E-state index < -0.39 is 36.4 Å². The van der Waals surface area contributed by atoms with Crippen LogP contribution in [0.1, 0.15) is 6.92 Å². The standard InChI is InChI=1S/C10H12F2O3/c1-2-14-10(13)8-6-4-3-5(15-6)7(8)9(11)12/h3-9H,2H2,1H3. The Bertz CT molecular complexity index is 290. The largest absolute Gasteiger partial charge is 0.466 e. The lowest BCUT2D eigenvalue weighted by molar-refractivity contribution is -0.152. The molecule has 4 atom stereocenters. The van der Waals surface area contributed by atoms with Crippen molar-refractivity contribution in [3.8, 4) is 0 Å². The van der Waals surface area contributed by atoms with Gasteiger partial charge in [0.15, 0.2) is 0 Å². The van der Waals surface area contributed by atoms with Gasteiger partial charge in [-0.25, -0.2) is 8.78 Å². The zero-order valence-electron chi connectivity index (χ0n) is 8.23. The molecule has 5 heteroatoms. The summed E-state index contributed by atoms with van der Waals surface area (Å²) < 4.78 is 35.5. The Labute approximate surface area is 86.0 Å². The highest BCUT2D eigenvalue weighted by molar-refractivity contribution is 5.75. The highest BCUT2D eigenvalue weighted by atomic mass is 19.3. The van der Waals surface area contributed by atoms with Gasteiger partial charge in [0.2, 0.25) is 6.43 Å². The van der Waals surface area contributed by atoms with Crippen LogP contribution in [-0.4, -0.2) is 31.2 Å². The predicted octanol–water partition coefficient (Wildman–Crippen LogP) is 1.38. The van der Waals surface area contributed by atoms with Crippen LogP contribution in [0, 0.1) is 11.8 Å². The summed E-state index contributed by atoms with van der Waals surface area (Å²) in [5.41, 5.74) is 0. The number of carbonyl (C=O) groups excluding carboxylic acids is 1. The Morgan fingerprint density at radius 3 is 2.73 bits per heavy atom. The number of hydrogen-bond donors (Lipinski definition) is 0. The van der Waals surface area contributed by atoms with E-state index in [2.05, 4.69) is 0 Å². The number of halogens is 2. The minimum Gasteiger partial charge on any atom is -0.466 e. The molecule has 2 aliphatic heterocycles. The monoisotopic (exact) mass is 218 g/mol. The molecule has 2 bridgehead atoms. The molecule has 0 spiro atoms. The van der Waals surface area contributed by atoms with Crippen molar-refractivity contribution in [2.24, 2.45) is 11.8 Å². The van der Waals surface area contributed by atoms with Crippen LogP contribution in [0.15, 0.2) is 12.2 Å². The molecule has 15 heavy (non-hydrogen) atoms. The molecule has 0 N–H and O–H groups in total. The van der Waals surface area contributed by atoms with E-state index in [0.29, 0.717) is 0 Å². The fourth-order valence-electron chi connectivity index (χ4n) is 2.17. The summed E-state index contributed by atoms with van der Waals surface area (Å²) >= 11 is 0. The number of hydrogen-bond acceptors (Lipinski definition) is 3. The number of alkyl halides is 2. The second-order valence-corrected chi connectivity index (χ2v) is 3.64. The number of ether oxygens (including phenoxy) is 2. The lowest BCUT2D eigenvalue weighted by Gasteiger charge is -2.22. The lowest BCUT2D eigenvalue weighted by Crippen LogP contribution is -2.36. The molecule has 3 nitrogen and oxygen atoms in total. The maximum atomic E-state index is 12.7. The number of rotatable bonds is 3. The number of esters is 1. The molecule has 2 rings (SSSR count). The van der Waals surface area contributed by atoms with E-state index in [0.717, 1.165) is 0 Å². The fraction of sp³-hybridized carbons (Fsp3) is 0.700. The molecule has 2 heterocycles. The average Bonchev–Trinajstić information content (AvgIpc) is 2.76. The van der Waals surface area contributed by atoms with E-state index >= 15 is 0 Å². The molecule has 84 valence electrons. The first-order valence-electron chi connectivity index (χ1n) is 4.93. The van der Waals surface area contributed by atoms with E-state index in [4.69, 9.17) is 9.47 Å². The molecule has 1 fully saturated rings. The van der Waals surface area contributed by atoms with Gasteiger partial charge >= 0.3 is 5.97 Å². The first-order valence-corrected chi connectivity index (χ1v) is 4.93. The van der Waals surface area contributed by atoms with Gasteiger partial charge in [0.05, 0.1) is 30.7 Å². The Morgan fingerprint density at radius 2 is 2.13 bits per heavy atom. The highest BCUT2D eigenvalue weighted by Gasteiger charge is 2.54. The van der Waals surface area contributed by atoms with E-state index in [1.165, 1.54) is 0 Å². The van der Waals surface area contributed by atoms with Gasteiger partial charge in [-0.2, -0.15) is 0 Å². The molecule has 0 saturated carbocycles. The third-order valence-corrected chi connectivity index (χ3v) is 2.80. The molecule has 0 radical (unpaired) electrons. The number of fused-ring (bicyclic) bond motifs is 2. The van der Waals surface area contributed by atoms with E-state index in [1.807, 2.05) is 0 Å². The van der Waals surface area contributed by atoms with Gasteiger partial charge in [-0.15, -0.1) is 0 Å². The van der Waals surface area contributed by atoms with Crippen molar-refractivity contribution < 1.29 is 23.0 Å². The van der Waals surface area contributed by atoms with Gasteiger partial charge < -0.3 is 9.47 Å². The van der Waals surface area contributed by atoms with Gasteiger partial charge in [-0.3, -0.25) is 4.79 Å². The summed E-state index contributed by atoms with van der Waals surface area (Å²) in [7, 11) is 0. The van der Waals surface area contributed by atoms with Crippen molar-refractivity contribution in [1.82, 2.24) is 0 Å². The zero-order valence-corrected chi connectivity index (χ0v) is 8.23. The van der Waals surface area contributed by atoms with Gasteiger partial charge in [-0.1, -0.05) is 12.2 Å². The van der Waals surface area contributed by atoms with Crippen LogP contribution < -0.4 is 0 Å². The Balaban J connectivity index is 2.15. The minimum absolute atomic E-state index is 0.201. The van der Waals surface area contributed by atoms with Crippen molar-refractivity contribution in [3.05, 3.63) is 12.2 Å². The molecule has 0 aromatic heterocycles. The van der Waals surface area contributed by atoms with Crippen molar-refractivity contribution in [2.75, 3.05) is 6.61 Å². The minimum atomic E-state index is -2.56. The van der Waals surface area contributed by atoms with Crippen molar-refractivity contribution >= 4 is 5.97 Å². The predicted molar refractivity (Wildman–Crippen MR) is 47.4 cm³/mol. The van der Waals surface area contributed by atoms with Crippen LogP contribution >= 0.6 is 0 Å². The summed E-state index contributed by atoms with van der Waals surface area (Å²) in [6.07, 6.45) is -0.473. The molecular formula is C10H12F2O3. The topological polar surface area (TPSA) is 35.5 Å². The first-order chi connectivity index (χ1) is 7.15. The van der Waals surface area contributed by atoms with Gasteiger partial charge in [0.25, 0.3) is 0 Å². The molecule has 0 amide bonds. The zero-order chi connectivity index (χ0) is 11.0. The number of carbonyl (C=O) groups is 1. The third-order valence-electron chi connectivity index (χ3n) is 2.80. The Morgan fingerprint density at radius 1 is 1.47 bits per heavy atom. The van der Waals surface area contributed by atoms with Gasteiger partial charge in [0, 0.05) is 0 Å². The second kappa shape index (κ2) is 3.89. The van der Waals surface area contributed by atoms with Crippen LogP contribution in [0.5, 0.6) is 0 Å². The summed E-state index contributed by atoms with van der Waals surface area (Å²) in [5.74, 6) is -2.49. The Hall–Kier alpha value is -0.970.